The van der Waals surface area contributed by atoms with Crippen LogP contribution in [-0.2, 0) is 6.54 Å². The molecule has 0 aliphatic heterocycles. The van der Waals surface area contributed by atoms with Crippen molar-refractivity contribution in [2.45, 2.75) is 46.2 Å². The van der Waals surface area contributed by atoms with Gasteiger partial charge in [0.15, 0.2) is 0 Å². The molecule has 0 saturated heterocycles. The molecule has 5 nitrogen and oxygen atoms in total. The summed E-state index contributed by atoms with van der Waals surface area (Å²) in [6, 6.07) is 0.288. The minimum absolute atomic E-state index is 0.230. The van der Waals surface area contributed by atoms with Crippen LogP contribution >= 0.6 is 0 Å². The van der Waals surface area contributed by atoms with E-state index in [-0.39, 0.29) is 12.6 Å². The summed E-state index contributed by atoms with van der Waals surface area (Å²) in [6.07, 6.45) is 1.72. The summed E-state index contributed by atoms with van der Waals surface area (Å²) in [5.41, 5.74) is 7.54. The van der Waals surface area contributed by atoms with Crippen molar-refractivity contribution in [1.29, 1.82) is 0 Å². The second-order valence-electron chi connectivity index (χ2n) is 4.07. The number of rotatable bonds is 6. The van der Waals surface area contributed by atoms with Crippen LogP contribution < -0.4 is 11.1 Å². The zero-order chi connectivity index (χ0) is 12.1. The predicted octanol–water partition coefficient (Wildman–Crippen LogP) is 1.37. The van der Waals surface area contributed by atoms with E-state index in [2.05, 4.69) is 17.3 Å². The Kier molecular flexibility index (Phi) is 4.61. The lowest BCUT2D eigenvalue weighted by Gasteiger charge is -2.16. The number of anilines is 2. The van der Waals surface area contributed by atoms with Crippen molar-refractivity contribution < 1.29 is 5.11 Å². The first-order valence-corrected chi connectivity index (χ1v) is 5.80. The molecule has 0 aliphatic carbocycles. The maximum absolute atomic E-state index is 8.77. The van der Waals surface area contributed by atoms with E-state index in [0.717, 1.165) is 36.6 Å². The normalized spacial score (nSPS) is 12.8. The van der Waals surface area contributed by atoms with Gasteiger partial charge >= 0.3 is 0 Å². The fourth-order valence-corrected chi connectivity index (χ4v) is 1.68. The third kappa shape index (κ3) is 2.88. The Bertz CT molecular complexity index is 335. The minimum Gasteiger partial charge on any atom is -0.396 e. The zero-order valence-corrected chi connectivity index (χ0v) is 10.3. The number of aryl methyl sites for hydroxylation is 2. The number of hydrogen-bond donors (Lipinski definition) is 3. The van der Waals surface area contributed by atoms with Crippen molar-refractivity contribution in [2.75, 3.05) is 17.7 Å². The molecule has 1 rings (SSSR count). The summed E-state index contributed by atoms with van der Waals surface area (Å²) in [7, 11) is 0. The van der Waals surface area contributed by atoms with E-state index in [1.807, 2.05) is 18.5 Å². The van der Waals surface area contributed by atoms with E-state index in [1.165, 1.54) is 0 Å². The van der Waals surface area contributed by atoms with Crippen molar-refractivity contribution in [2.24, 2.45) is 0 Å². The van der Waals surface area contributed by atoms with Crippen molar-refractivity contribution in [1.82, 2.24) is 9.78 Å². The number of hydrogen-bond acceptors (Lipinski definition) is 4. The highest BCUT2D eigenvalue weighted by atomic mass is 16.2. The number of aliphatic hydroxyl groups is 1. The smallest absolute Gasteiger partial charge is 0.148 e. The number of nitrogens with two attached hydrogens (primary N) is 1. The molecular weight excluding hydrogens is 204 g/mol. The quantitative estimate of drug-likeness (QED) is 0.684. The lowest BCUT2D eigenvalue weighted by molar-refractivity contribution is 0.282. The first kappa shape index (κ1) is 12.8. The van der Waals surface area contributed by atoms with Gasteiger partial charge in [-0.1, -0.05) is 0 Å². The van der Waals surface area contributed by atoms with Crippen LogP contribution in [0.2, 0.25) is 0 Å². The van der Waals surface area contributed by atoms with Crippen LogP contribution in [0, 0.1) is 6.92 Å². The first-order chi connectivity index (χ1) is 7.60. The average Bonchev–Trinajstić information content (AvgIpc) is 2.54. The first-order valence-electron chi connectivity index (χ1n) is 5.80. The molecule has 1 aromatic heterocycles. The summed E-state index contributed by atoms with van der Waals surface area (Å²) < 4.78 is 1.88. The Balaban J connectivity index is 2.71. The molecule has 0 fully saturated rings. The Labute approximate surface area is 96.6 Å². The van der Waals surface area contributed by atoms with E-state index in [4.69, 9.17) is 10.8 Å². The minimum atomic E-state index is 0.230. The van der Waals surface area contributed by atoms with Gasteiger partial charge in [0, 0.05) is 19.2 Å². The molecule has 4 N–H and O–H groups in total. The fraction of sp³-hybridized carbons (Fsp3) is 0.727. The maximum atomic E-state index is 8.77. The number of nitrogens with zero attached hydrogens (tertiary/aromatic N) is 2. The SMILES string of the molecule is CCn1nc(C)c(N)c1NC(C)CCCO. The summed E-state index contributed by atoms with van der Waals surface area (Å²) in [6.45, 7) is 7.05. The zero-order valence-electron chi connectivity index (χ0n) is 10.3. The summed E-state index contributed by atoms with van der Waals surface area (Å²) in [5.74, 6) is 0.894. The van der Waals surface area contributed by atoms with Crippen LogP contribution in [0.15, 0.2) is 0 Å². The molecule has 0 radical (unpaired) electrons. The number of aliphatic hydroxyl groups excluding tert-OH is 1. The van der Waals surface area contributed by atoms with Gasteiger partial charge in [-0.25, -0.2) is 4.68 Å². The highest BCUT2D eigenvalue weighted by Crippen LogP contribution is 2.23. The monoisotopic (exact) mass is 226 g/mol. The van der Waals surface area contributed by atoms with Gasteiger partial charge in [-0.05, 0) is 33.6 Å². The maximum Gasteiger partial charge on any atom is 0.148 e. The van der Waals surface area contributed by atoms with Gasteiger partial charge in [-0.3, -0.25) is 0 Å². The molecule has 16 heavy (non-hydrogen) atoms. The molecule has 0 saturated carbocycles. The van der Waals surface area contributed by atoms with Gasteiger partial charge in [-0.2, -0.15) is 5.10 Å². The highest BCUT2D eigenvalue weighted by Gasteiger charge is 2.13. The largest absolute Gasteiger partial charge is 0.396 e. The molecule has 5 heteroatoms. The molecule has 92 valence electrons. The molecular formula is C11H22N4O. The third-order valence-electron chi connectivity index (χ3n) is 2.65. The van der Waals surface area contributed by atoms with E-state index in [1.54, 1.807) is 0 Å². The average molecular weight is 226 g/mol. The molecule has 1 aromatic rings. The van der Waals surface area contributed by atoms with Crippen molar-refractivity contribution >= 4 is 11.5 Å². The summed E-state index contributed by atoms with van der Waals surface area (Å²) >= 11 is 0. The summed E-state index contributed by atoms with van der Waals surface area (Å²) in [5, 5.41) is 16.5. The molecule has 0 amide bonds. The Morgan fingerprint density at radius 1 is 1.56 bits per heavy atom. The van der Waals surface area contributed by atoms with Crippen LogP contribution in [0.1, 0.15) is 32.4 Å². The number of nitrogen functional groups attached to an aromatic ring is 1. The number of nitrogens with one attached hydrogen (secondary N) is 1. The van der Waals surface area contributed by atoms with E-state index in [0.29, 0.717) is 0 Å². The van der Waals surface area contributed by atoms with Gasteiger partial charge in [0.2, 0.25) is 0 Å². The van der Waals surface area contributed by atoms with Gasteiger partial charge in [-0.15, -0.1) is 0 Å². The van der Waals surface area contributed by atoms with Gasteiger partial charge < -0.3 is 16.2 Å². The van der Waals surface area contributed by atoms with Crippen LogP contribution in [0.5, 0.6) is 0 Å². The van der Waals surface area contributed by atoms with Crippen LogP contribution in [0.4, 0.5) is 11.5 Å². The topological polar surface area (TPSA) is 76.1 Å². The van der Waals surface area contributed by atoms with Crippen molar-refractivity contribution in [3.63, 3.8) is 0 Å². The summed E-state index contributed by atoms with van der Waals surface area (Å²) in [4.78, 5) is 0. The molecule has 1 atom stereocenters. The molecule has 0 spiro atoms. The van der Waals surface area contributed by atoms with E-state index in [9.17, 15) is 0 Å². The van der Waals surface area contributed by atoms with Gasteiger partial charge in [0.25, 0.3) is 0 Å². The predicted molar refractivity (Wildman–Crippen MR) is 66.5 cm³/mol. The lowest BCUT2D eigenvalue weighted by Crippen LogP contribution is -2.19. The van der Waals surface area contributed by atoms with Gasteiger partial charge in [0.05, 0.1) is 11.4 Å². The molecule has 0 bridgehead atoms. The molecule has 0 aliphatic rings. The second-order valence-corrected chi connectivity index (χ2v) is 4.07. The van der Waals surface area contributed by atoms with Crippen molar-refractivity contribution in [3.05, 3.63) is 5.69 Å². The lowest BCUT2D eigenvalue weighted by atomic mass is 10.2. The van der Waals surface area contributed by atoms with Crippen LogP contribution in [0.3, 0.4) is 0 Å². The third-order valence-corrected chi connectivity index (χ3v) is 2.65. The Hall–Kier alpha value is -1.23. The van der Waals surface area contributed by atoms with E-state index >= 15 is 0 Å². The fourth-order valence-electron chi connectivity index (χ4n) is 1.68. The molecule has 1 unspecified atom stereocenters. The van der Waals surface area contributed by atoms with E-state index < -0.39 is 0 Å². The second kappa shape index (κ2) is 5.75. The van der Waals surface area contributed by atoms with Crippen LogP contribution in [-0.4, -0.2) is 27.5 Å². The van der Waals surface area contributed by atoms with Crippen LogP contribution in [0.25, 0.3) is 0 Å². The Morgan fingerprint density at radius 2 is 2.25 bits per heavy atom. The molecule has 1 heterocycles. The van der Waals surface area contributed by atoms with Crippen molar-refractivity contribution in [3.8, 4) is 0 Å². The number of aromatic nitrogens is 2. The Morgan fingerprint density at radius 3 is 2.81 bits per heavy atom. The highest BCUT2D eigenvalue weighted by molar-refractivity contribution is 5.65. The standard InChI is InChI=1S/C11H22N4O/c1-4-15-11(10(12)9(3)14-15)13-8(2)6-5-7-16/h8,13,16H,4-7,12H2,1-3H3. The molecule has 0 aromatic carbocycles. The van der Waals surface area contributed by atoms with Gasteiger partial charge in [0.1, 0.15) is 5.82 Å².